The van der Waals surface area contributed by atoms with Gasteiger partial charge in [-0.15, -0.1) is 0 Å². The largest absolute Gasteiger partial charge is 0.361 e. The highest BCUT2D eigenvalue weighted by Gasteiger charge is 2.23. The summed E-state index contributed by atoms with van der Waals surface area (Å²) < 4.78 is 0. The first-order valence-corrected chi connectivity index (χ1v) is 10.2. The number of carbonyl (C=O) groups is 1. The van der Waals surface area contributed by atoms with Crippen molar-refractivity contribution in [2.24, 2.45) is 0 Å². The van der Waals surface area contributed by atoms with E-state index >= 15 is 0 Å². The van der Waals surface area contributed by atoms with Crippen LogP contribution in [0.4, 0.5) is 5.95 Å². The molecule has 0 spiro atoms. The summed E-state index contributed by atoms with van der Waals surface area (Å²) >= 11 is 0. The Hall–Kier alpha value is -2.89. The lowest BCUT2D eigenvalue weighted by atomic mass is 10.0. The zero-order valence-corrected chi connectivity index (χ0v) is 16.3. The summed E-state index contributed by atoms with van der Waals surface area (Å²) in [6.07, 6.45) is 9.13. The minimum atomic E-state index is -0.145. The molecule has 0 radical (unpaired) electrons. The van der Waals surface area contributed by atoms with Gasteiger partial charge >= 0.3 is 0 Å². The van der Waals surface area contributed by atoms with Crippen molar-refractivity contribution in [3.8, 4) is 0 Å². The first-order chi connectivity index (χ1) is 13.8. The number of hydrogen-bond acceptors (Lipinski definition) is 4. The standard InChI is InChI=1S/C22H27N5O/c1-2-17-7-5-6-14-27(17)22-24-13-11-20(26-22)21(28)23-12-10-16-15-25-19-9-4-3-8-18(16)19/h3-4,8-9,11,13,15,17,25H,2,5-7,10,12,14H2,1H3,(H,23,28). The summed E-state index contributed by atoms with van der Waals surface area (Å²) in [5.74, 6) is 0.532. The zero-order chi connectivity index (χ0) is 19.3. The molecule has 28 heavy (non-hydrogen) atoms. The molecule has 6 heteroatoms. The first kappa shape index (κ1) is 18.5. The number of H-pyrrole nitrogens is 1. The van der Waals surface area contributed by atoms with Crippen molar-refractivity contribution in [1.82, 2.24) is 20.3 Å². The lowest BCUT2D eigenvalue weighted by Gasteiger charge is -2.35. The van der Waals surface area contributed by atoms with Gasteiger partial charge in [0.2, 0.25) is 5.95 Å². The molecule has 1 aliphatic heterocycles. The van der Waals surface area contributed by atoms with Gasteiger partial charge in [-0.2, -0.15) is 0 Å². The highest BCUT2D eigenvalue weighted by molar-refractivity contribution is 5.92. The molecule has 1 unspecified atom stereocenters. The van der Waals surface area contributed by atoms with Gasteiger partial charge in [0, 0.05) is 42.4 Å². The van der Waals surface area contributed by atoms with E-state index in [0.717, 1.165) is 31.3 Å². The van der Waals surface area contributed by atoms with Gasteiger partial charge in [0.1, 0.15) is 5.69 Å². The minimum absolute atomic E-state index is 0.145. The molecule has 2 N–H and O–H groups in total. The number of anilines is 1. The molecule has 4 rings (SSSR count). The Bertz CT molecular complexity index is 951. The predicted octanol–water partition coefficient (Wildman–Crippen LogP) is 3.70. The lowest BCUT2D eigenvalue weighted by molar-refractivity contribution is 0.0949. The van der Waals surface area contributed by atoms with Crippen LogP contribution in [-0.4, -0.2) is 40.0 Å². The number of fused-ring (bicyclic) bond motifs is 1. The van der Waals surface area contributed by atoms with E-state index in [1.54, 1.807) is 12.3 Å². The highest BCUT2D eigenvalue weighted by Crippen LogP contribution is 2.23. The number of aromatic amines is 1. The van der Waals surface area contributed by atoms with Crippen molar-refractivity contribution in [2.75, 3.05) is 18.0 Å². The molecule has 1 aliphatic rings. The fourth-order valence-corrected chi connectivity index (χ4v) is 4.04. The molecule has 1 saturated heterocycles. The Morgan fingerprint density at radius 2 is 2.18 bits per heavy atom. The number of benzene rings is 1. The van der Waals surface area contributed by atoms with Crippen molar-refractivity contribution >= 4 is 22.8 Å². The number of carbonyl (C=O) groups excluding carboxylic acids is 1. The first-order valence-electron chi connectivity index (χ1n) is 10.2. The van der Waals surface area contributed by atoms with Gasteiger partial charge in [-0.05, 0) is 49.8 Å². The van der Waals surface area contributed by atoms with Gasteiger partial charge < -0.3 is 15.2 Å². The zero-order valence-electron chi connectivity index (χ0n) is 16.3. The van der Waals surface area contributed by atoms with E-state index in [4.69, 9.17) is 0 Å². The van der Waals surface area contributed by atoms with Crippen molar-refractivity contribution in [1.29, 1.82) is 0 Å². The van der Waals surface area contributed by atoms with E-state index in [1.807, 2.05) is 18.3 Å². The number of rotatable bonds is 6. The van der Waals surface area contributed by atoms with Gasteiger partial charge in [-0.1, -0.05) is 25.1 Å². The van der Waals surface area contributed by atoms with Crippen LogP contribution < -0.4 is 10.2 Å². The molecule has 0 aliphatic carbocycles. The molecule has 3 heterocycles. The van der Waals surface area contributed by atoms with Gasteiger partial charge in [-0.25, -0.2) is 9.97 Å². The van der Waals surface area contributed by atoms with Crippen LogP contribution in [0.5, 0.6) is 0 Å². The number of aromatic nitrogens is 3. The number of nitrogens with zero attached hydrogens (tertiary/aromatic N) is 3. The Balaban J connectivity index is 1.39. The number of hydrogen-bond donors (Lipinski definition) is 2. The summed E-state index contributed by atoms with van der Waals surface area (Å²) in [6, 6.07) is 10.4. The van der Waals surface area contributed by atoms with E-state index < -0.39 is 0 Å². The molecule has 1 fully saturated rings. The number of para-hydroxylation sites is 1. The second-order valence-corrected chi connectivity index (χ2v) is 7.36. The summed E-state index contributed by atoms with van der Waals surface area (Å²) in [7, 11) is 0. The second kappa shape index (κ2) is 8.42. The van der Waals surface area contributed by atoms with Crippen molar-refractivity contribution in [3.05, 3.63) is 54.0 Å². The van der Waals surface area contributed by atoms with Crippen molar-refractivity contribution < 1.29 is 4.79 Å². The van der Waals surface area contributed by atoms with E-state index in [9.17, 15) is 4.79 Å². The Labute approximate surface area is 165 Å². The van der Waals surface area contributed by atoms with Crippen LogP contribution in [0.25, 0.3) is 10.9 Å². The summed E-state index contributed by atoms with van der Waals surface area (Å²) in [5, 5.41) is 4.20. The summed E-state index contributed by atoms with van der Waals surface area (Å²) in [6.45, 7) is 3.73. The predicted molar refractivity (Wildman–Crippen MR) is 112 cm³/mol. The lowest BCUT2D eigenvalue weighted by Crippen LogP contribution is -2.40. The highest BCUT2D eigenvalue weighted by atomic mass is 16.1. The minimum Gasteiger partial charge on any atom is -0.361 e. The second-order valence-electron chi connectivity index (χ2n) is 7.36. The van der Waals surface area contributed by atoms with Gasteiger partial charge in [0.25, 0.3) is 5.91 Å². The molecule has 3 aromatic rings. The Morgan fingerprint density at radius 1 is 1.29 bits per heavy atom. The molecule has 6 nitrogen and oxygen atoms in total. The summed E-state index contributed by atoms with van der Waals surface area (Å²) in [5.41, 5.74) is 2.76. The SMILES string of the molecule is CCC1CCCCN1c1nccc(C(=O)NCCc2c[nH]c3ccccc23)n1. The number of nitrogens with one attached hydrogen (secondary N) is 2. The van der Waals surface area contributed by atoms with Gasteiger partial charge in [-0.3, -0.25) is 4.79 Å². The Kier molecular flexibility index (Phi) is 5.55. The van der Waals surface area contributed by atoms with E-state index in [1.165, 1.54) is 23.8 Å². The van der Waals surface area contributed by atoms with Crippen LogP contribution >= 0.6 is 0 Å². The molecule has 2 aromatic heterocycles. The van der Waals surface area contributed by atoms with E-state index in [2.05, 4.69) is 44.2 Å². The molecule has 1 atom stereocenters. The third-order valence-electron chi connectivity index (χ3n) is 5.59. The fraction of sp³-hybridized carbons (Fsp3) is 0.409. The molecule has 0 bridgehead atoms. The van der Waals surface area contributed by atoms with Crippen molar-refractivity contribution in [2.45, 2.75) is 45.1 Å². The molecule has 1 amide bonds. The molecular formula is C22H27N5O. The maximum absolute atomic E-state index is 12.6. The third kappa shape index (κ3) is 3.86. The quantitative estimate of drug-likeness (QED) is 0.687. The van der Waals surface area contributed by atoms with Gasteiger partial charge in [0.15, 0.2) is 0 Å². The van der Waals surface area contributed by atoms with E-state index in [-0.39, 0.29) is 5.91 Å². The average Bonchev–Trinajstić information content (AvgIpc) is 3.17. The van der Waals surface area contributed by atoms with Crippen LogP contribution in [0.2, 0.25) is 0 Å². The normalized spacial score (nSPS) is 17.0. The molecule has 146 valence electrons. The van der Waals surface area contributed by atoms with Gasteiger partial charge in [0.05, 0.1) is 0 Å². The van der Waals surface area contributed by atoms with Crippen LogP contribution in [0.1, 0.15) is 48.7 Å². The average molecular weight is 377 g/mol. The van der Waals surface area contributed by atoms with Crippen LogP contribution in [0.15, 0.2) is 42.7 Å². The van der Waals surface area contributed by atoms with E-state index in [0.29, 0.717) is 24.2 Å². The van der Waals surface area contributed by atoms with Crippen LogP contribution in [0.3, 0.4) is 0 Å². The monoisotopic (exact) mass is 377 g/mol. The van der Waals surface area contributed by atoms with Crippen LogP contribution in [-0.2, 0) is 6.42 Å². The Morgan fingerprint density at radius 3 is 3.07 bits per heavy atom. The van der Waals surface area contributed by atoms with Crippen LogP contribution in [0, 0.1) is 0 Å². The molecule has 1 aromatic carbocycles. The smallest absolute Gasteiger partial charge is 0.270 e. The van der Waals surface area contributed by atoms with Crippen molar-refractivity contribution in [3.63, 3.8) is 0 Å². The molecule has 0 saturated carbocycles. The third-order valence-corrected chi connectivity index (χ3v) is 5.59. The topological polar surface area (TPSA) is 73.9 Å². The summed E-state index contributed by atoms with van der Waals surface area (Å²) in [4.78, 5) is 27.1. The maximum Gasteiger partial charge on any atom is 0.270 e. The number of amides is 1. The molecular weight excluding hydrogens is 350 g/mol. The number of piperidine rings is 1. The maximum atomic E-state index is 12.6. The fourth-order valence-electron chi connectivity index (χ4n) is 4.04.